The number of aliphatic hydroxyl groups excluding tert-OH is 2. The molecule has 4 heterocycles. The molecule has 0 spiro atoms. The van der Waals surface area contributed by atoms with Crippen molar-refractivity contribution < 1.29 is 43.2 Å². The predicted molar refractivity (Wildman–Crippen MR) is 203 cm³/mol. The second kappa shape index (κ2) is 17.1. The van der Waals surface area contributed by atoms with Crippen LogP contribution in [0.3, 0.4) is 0 Å². The minimum Gasteiger partial charge on any atom is -0.483 e. The Morgan fingerprint density at radius 2 is 1.65 bits per heavy atom. The molecule has 4 aromatic rings. The maximum Gasteiger partial charge on any atom is 0.339 e. The molecule has 0 saturated heterocycles. The summed E-state index contributed by atoms with van der Waals surface area (Å²) in [6.45, 7) is 6.56. The first-order chi connectivity index (χ1) is 26.0. The summed E-state index contributed by atoms with van der Waals surface area (Å²) in [6, 6.07) is 23.7. The Morgan fingerprint density at radius 3 is 2.35 bits per heavy atom. The normalized spacial score (nSPS) is 20.7. The average molecular weight is 739 g/mol. The summed E-state index contributed by atoms with van der Waals surface area (Å²) in [5.41, 5.74) is 3.59. The van der Waals surface area contributed by atoms with Crippen LogP contribution < -0.4 is 10.4 Å². The summed E-state index contributed by atoms with van der Waals surface area (Å²) in [7, 11) is 0. The molecule has 0 aliphatic carbocycles. The Hall–Kier alpha value is -4.77. The fraction of sp³-hybridized carbons (Fsp3) is 0.432. The van der Waals surface area contributed by atoms with Gasteiger partial charge in [0.05, 0.1) is 12.2 Å². The molecule has 10 heteroatoms. The fourth-order valence-electron chi connectivity index (χ4n) is 7.61. The maximum absolute atomic E-state index is 14.2. The number of hydrogen-bond donors (Lipinski definition) is 2. The molecule has 3 aromatic carbocycles. The minimum atomic E-state index is -1.18. The van der Waals surface area contributed by atoms with Gasteiger partial charge in [-0.2, -0.15) is 0 Å². The summed E-state index contributed by atoms with van der Waals surface area (Å²) in [4.78, 5) is 42.0. The first-order valence-electron chi connectivity index (χ1n) is 18.7. The number of fused-ring (bicyclic) bond motifs is 13. The van der Waals surface area contributed by atoms with E-state index in [2.05, 4.69) is 36.4 Å². The molecule has 4 unspecified atom stereocenters. The molecule has 286 valence electrons. The number of aryl methyl sites for hydroxylation is 2. The molecule has 2 N–H and O–H groups in total. The van der Waals surface area contributed by atoms with E-state index in [4.69, 9.17) is 23.4 Å². The van der Waals surface area contributed by atoms with E-state index in [-0.39, 0.29) is 43.1 Å². The van der Waals surface area contributed by atoms with Gasteiger partial charge in [-0.3, -0.25) is 4.79 Å². The van der Waals surface area contributed by atoms with Gasteiger partial charge in [0, 0.05) is 35.5 Å². The van der Waals surface area contributed by atoms with Crippen molar-refractivity contribution in [2.45, 2.75) is 96.4 Å². The van der Waals surface area contributed by atoms with Crippen LogP contribution in [-0.2, 0) is 43.1 Å². The second-order valence-electron chi connectivity index (χ2n) is 15.1. The Kier molecular flexibility index (Phi) is 12.4. The highest BCUT2D eigenvalue weighted by Crippen LogP contribution is 2.47. The van der Waals surface area contributed by atoms with Gasteiger partial charge in [0.2, 0.25) is 0 Å². The first-order valence-corrected chi connectivity index (χ1v) is 18.7. The van der Waals surface area contributed by atoms with Crippen LogP contribution in [0.2, 0.25) is 0 Å². The second-order valence-corrected chi connectivity index (χ2v) is 15.1. The molecular formula is C44H50O10. The first kappa shape index (κ1) is 38.9. The van der Waals surface area contributed by atoms with Gasteiger partial charge in [-0.05, 0) is 107 Å². The Bertz CT molecular complexity index is 2020. The Labute approximate surface area is 315 Å². The van der Waals surface area contributed by atoms with Crippen molar-refractivity contribution in [1.29, 1.82) is 0 Å². The van der Waals surface area contributed by atoms with E-state index in [9.17, 15) is 24.6 Å². The minimum absolute atomic E-state index is 0.00402. The van der Waals surface area contributed by atoms with Crippen LogP contribution in [0.1, 0.15) is 93.2 Å². The third kappa shape index (κ3) is 8.94. The zero-order chi connectivity index (χ0) is 38.4. The zero-order valence-electron chi connectivity index (χ0n) is 31.5. The lowest BCUT2D eigenvalue weighted by atomic mass is 9.86. The smallest absolute Gasteiger partial charge is 0.339 e. The molecule has 0 amide bonds. The summed E-state index contributed by atoms with van der Waals surface area (Å²) in [5, 5.41) is 19.5. The largest absolute Gasteiger partial charge is 0.483 e. The van der Waals surface area contributed by atoms with Crippen molar-refractivity contribution in [1.82, 2.24) is 0 Å². The highest BCUT2D eigenvalue weighted by atomic mass is 16.6. The van der Waals surface area contributed by atoms with Crippen molar-refractivity contribution in [2.24, 2.45) is 5.92 Å². The molecule has 4 atom stereocenters. The molecule has 2 bridgehead atoms. The van der Waals surface area contributed by atoms with Crippen LogP contribution >= 0.6 is 0 Å². The number of allylic oxidation sites excluding steroid dienone is 1. The van der Waals surface area contributed by atoms with Gasteiger partial charge in [-0.25, -0.2) is 9.59 Å². The van der Waals surface area contributed by atoms with E-state index >= 15 is 0 Å². The number of rotatable bonds is 9. The lowest BCUT2D eigenvalue weighted by molar-refractivity contribution is -0.188. The molecule has 7 rings (SSSR count). The van der Waals surface area contributed by atoms with E-state index in [1.807, 2.05) is 32.0 Å². The molecule has 54 heavy (non-hydrogen) atoms. The number of esters is 2. The van der Waals surface area contributed by atoms with E-state index < -0.39 is 48.1 Å². The highest BCUT2D eigenvalue weighted by Gasteiger charge is 2.50. The molecule has 3 aliphatic rings. The number of aliphatic hydroxyl groups is 2. The average Bonchev–Trinajstić information content (AvgIpc) is 3.14. The monoisotopic (exact) mass is 738 g/mol. The number of hydrogen-bond acceptors (Lipinski definition) is 10. The molecule has 0 radical (unpaired) electrons. The fourth-order valence-corrected chi connectivity index (χ4v) is 7.61. The quantitative estimate of drug-likeness (QED) is 0.0794. The lowest BCUT2D eigenvalue weighted by Crippen LogP contribution is -2.52. The number of carbonyl (C=O) groups is 2. The summed E-state index contributed by atoms with van der Waals surface area (Å²) < 4.78 is 30.5. The lowest BCUT2D eigenvalue weighted by Gasteiger charge is -2.43. The number of ether oxygens (including phenoxy) is 4. The third-order valence-corrected chi connectivity index (χ3v) is 10.6. The summed E-state index contributed by atoms with van der Waals surface area (Å²) in [5.74, 6) is -1.28. The summed E-state index contributed by atoms with van der Waals surface area (Å²) >= 11 is 0. The van der Waals surface area contributed by atoms with E-state index in [0.29, 0.717) is 41.5 Å². The van der Waals surface area contributed by atoms with Crippen molar-refractivity contribution in [2.75, 3.05) is 20.0 Å². The topological polar surface area (TPSA) is 142 Å². The van der Waals surface area contributed by atoms with Gasteiger partial charge < -0.3 is 33.6 Å². The van der Waals surface area contributed by atoms with Gasteiger partial charge in [-0.15, -0.1) is 0 Å². The van der Waals surface area contributed by atoms with Crippen molar-refractivity contribution in [3.05, 3.63) is 122 Å². The van der Waals surface area contributed by atoms with E-state index in [1.165, 1.54) is 5.56 Å². The zero-order valence-corrected chi connectivity index (χ0v) is 31.5. The maximum atomic E-state index is 14.2. The predicted octanol–water partition coefficient (Wildman–Crippen LogP) is 7.06. The standard InChI is InChI=1S/C44H50O10/c1-27(2)34-18-16-29-10-13-30(14-11-29)22-31(15-12-28-8-6-5-7-9-28)23-37(47)51-40-38-36(54-44(3,4)41(40)53-42(34)48)19-17-32-24-35(43(49)52-39(32)38)33(20-21-45)25-50-26-46/h5-11,13-14,17,19,24,31,33,40-41,45-46H,12,15-16,18,20-23,25-26H2,1-4H3. The van der Waals surface area contributed by atoms with Crippen LogP contribution in [0.4, 0.5) is 0 Å². The highest BCUT2D eigenvalue weighted by molar-refractivity contribution is 5.90. The molecular weight excluding hydrogens is 688 g/mol. The van der Waals surface area contributed by atoms with E-state index in [0.717, 1.165) is 29.5 Å². The molecule has 0 fully saturated rings. The van der Waals surface area contributed by atoms with E-state index in [1.54, 1.807) is 32.0 Å². The van der Waals surface area contributed by atoms with Gasteiger partial charge >= 0.3 is 17.6 Å². The van der Waals surface area contributed by atoms with Crippen molar-refractivity contribution >= 4 is 22.9 Å². The third-order valence-electron chi connectivity index (χ3n) is 10.6. The van der Waals surface area contributed by atoms with Crippen LogP contribution in [0.15, 0.2) is 93.2 Å². The van der Waals surface area contributed by atoms with Crippen molar-refractivity contribution in [3.63, 3.8) is 0 Å². The van der Waals surface area contributed by atoms with Crippen LogP contribution in [0.5, 0.6) is 5.75 Å². The van der Waals surface area contributed by atoms with Gasteiger partial charge in [0.1, 0.15) is 23.7 Å². The molecule has 0 saturated carbocycles. The van der Waals surface area contributed by atoms with Crippen LogP contribution in [0, 0.1) is 5.92 Å². The SMILES string of the molecule is CC(C)=C1CCc2ccc(cc2)CC(CCc2ccccc2)CC(=O)OC2c3c(ccc4cc(C(CCO)COCO)c(=O)oc34)OC(C)(C)C2OC1=O. The molecule has 10 nitrogen and oxygen atoms in total. The van der Waals surface area contributed by atoms with Crippen molar-refractivity contribution in [3.8, 4) is 5.75 Å². The van der Waals surface area contributed by atoms with Crippen LogP contribution in [0.25, 0.3) is 11.0 Å². The molecule has 3 aliphatic heterocycles. The van der Waals surface area contributed by atoms with Gasteiger partial charge in [-0.1, -0.05) is 60.2 Å². The van der Waals surface area contributed by atoms with Gasteiger partial charge in [0.25, 0.3) is 0 Å². The Balaban J connectivity index is 1.44. The van der Waals surface area contributed by atoms with Crippen LogP contribution in [-0.4, -0.2) is 53.9 Å². The number of carbonyl (C=O) groups excluding carboxylic acids is 2. The summed E-state index contributed by atoms with van der Waals surface area (Å²) in [6.07, 6.45) is 1.31. The molecule has 1 aromatic heterocycles. The van der Waals surface area contributed by atoms with Gasteiger partial charge in [0.15, 0.2) is 12.2 Å². The number of benzene rings is 3. The Morgan fingerprint density at radius 1 is 0.907 bits per heavy atom.